The highest BCUT2D eigenvalue weighted by Crippen LogP contribution is 2.22. The minimum atomic E-state index is -3.35. The molecule has 6 heteroatoms. The lowest BCUT2D eigenvalue weighted by Gasteiger charge is -2.18. The van der Waals surface area contributed by atoms with Crippen molar-refractivity contribution >= 4 is 10.0 Å². The Kier molecular flexibility index (Phi) is 5.03. The molecule has 0 spiro atoms. The zero-order valence-electron chi connectivity index (χ0n) is 12.9. The van der Waals surface area contributed by atoms with Gasteiger partial charge in [-0.15, -0.1) is 0 Å². The van der Waals surface area contributed by atoms with E-state index in [0.717, 1.165) is 31.6 Å². The number of nitrogens with zero attached hydrogens (tertiary/aromatic N) is 2. The first-order valence-electron chi connectivity index (χ1n) is 7.22. The second-order valence-electron chi connectivity index (χ2n) is 5.96. The summed E-state index contributed by atoms with van der Waals surface area (Å²) in [6.45, 7) is 4.52. The molecule has 2 unspecified atom stereocenters. The van der Waals surface area contributed by atoms with Gasteiger partial charge in [-0.2, -0.15) is 0 Å². The molecule has 0 aromatic heterocycles. The highest BCUT2D eigenvalue weighted by atomic mass is 32.2. The zero-order chi connectivity index (χ0) is 15.6. The molecule has 5 nitrogen and oxygen atoms in total. The lowest BCUT2D eigenvalue weighted by Crippen LogP contribution is -2.24. The third-order valence-electron chi connectivity index (χ3n) is 4.10. The number of hydrogen-bond donors (Lipinski definition) is 1. The number of hydrogen-bond acceptors (Lipinski definition) is 4. The van der Waals surface area contributed by atoms with Crippen molar-refractivity contribution in [3.63, 3.8) is 0 Å². The van der Waals surface area contributed by atoms with Gasteiger partial charge in [-0.3, -0.25) is 4.90 Å². The van der Waals surface area contributed by atoms with Crippen LogP contribution in [0.4, 0.5) is 0 Å². The van der Waals surface area contributed by atoms with Crippen LogP contribution in [0.3, 0.4) is 0 Å². The van der Waals surface area contributed by atoms with Crippen molar-refractivity contribution < 1.29 is 13.5 Å². The van der Waals surface area contributed by atoms with E-state index in [9.17, 15) is 13.5 Å². The first-order valence-corrected chi connectivity index (χ1v) is 8.66. The molecular weight excluding hydrogens is 288 g/mol. The molecule has 1 aromatic carbocycles. The molecule has 1 aliphatic heterocycles. The summed E-state index contributed by atoms with van der Waals surface area (Å²) in [4.78, 5) is 2.62. The number of aliphatic hydroxyl groups is 1. The van der Waals surface area contributed by atoms with Gasteiger partial charge in [-0.05, 0) is 43.5 Å². The number of benzene rings is 1. The van der Waals surface area contributed by atoms with E-state index in [-0.39, 0.29) is 6.10 Å². The van der Waals surface area contributed by atoms with E-state index in [4.69, 9.17) is 0 Å². The number of likely N-dealkylation sites (tertiary alicyclic amines) is 1. The third-order valence-corrected chi connectivity index (χ3v) is 5.93. The van der Waals surface area contributed by atoms with Crippen LogP contribution in [0.1, 0.15) is 18.9 Å². The molecule has 21 heavy (non-hydrogen) atoms. The summed E-state index contributed by atoms with van der Waals surface area (Å²) in [5, 5.41) is 9.62. The largest absolute Gasteiger partial charge is 0.393 e. The van der Waals surface area contributed by atoms with Gasteiger partial charge in [0.25, 0.3) is 0 Å². The predicted molar refractivity (Wildman–Crippen MR) is 82.4 cm³/mol. The van der Waals surface area contributed by atoms with E-state index in [1.807, 2.05) is 19.1 Å². The number of sulfonamides is 1. The summed E-state index contributed by atoms with van der Waals surface area (Å²) in [5.41, 5.74) is 1.10. The summed E-state index contributed by atoms with van der Waals surface area (Å²) in [7, 11) is -0.291. The first-order chi connectivity index (χ1) is 9.80. The first kappa shape index (κ1) is 16.4. The Balaban J connectivity index is 2.01. The molecule has 1 aliphatic rings. The van der Waals surface area contributed by atoms with Gasteiger partial charge in [0, 0.05) is 27.2 Å². The van der Waals surface area contributed by atoms with E-state index in [2.05, 4.69) is 4.90 Å². The van der Waals surface area contributed by atoms with Crippen LogP contribution in [-0.4, -0.2) is 56.0 Å². The fourth-order valence-electron chi connectivity index (χ4n) is 2.64. The molecule has 1 heterocycles. The summed E-state index contributed by atoms with van der Waals surface area (Å²) in [6, 6.07) is 7.05. The Hall–Kier alpha value is -0.950. The van der Waals surface area contributed by atoms with Crippen LogP contribution in [0.5, 0.6) is 0 Å². The van der Waals surface area contributed by atoms with Crippen molar-refractivity contribution in [2.45, 2.75) is 30.9 Å². The Morgan fingerprint density at radius 2 is 1.95 bits per heavy atom. The molecule has 118 valence electrons. The van der Waals surface area contributed by atoms with Crippen LogP contribution in [0.25, 0.3) is 0 Å². The van der Waals surface area contributed by atoms with Crippen LogP contribution in [0.2, 0.25) is 0 Å². The van der Waals surface area contributed by atoms with Gasteiger partial charge in [-0.1, -0.05) is 12.1 Å². The van der Waals surface area contributed by atoms with Crippen molar-refractivity contribution in [2.24, 2.45) is 5.92 Å². The van der Waals surface area contributed by atoms with Gasteiger partial charge in [0.1, 0.15) is 0 Å². The standard InChI is InChI=1S/C15H24N2O3S/c1-12(18)14-8-9-17(11-14)10-13-4-6-15(7-5-13)21(19,20)16(2)3/h4-7,12,14,18H,8-11H2,1-3H3. The van der Waals surface area contributed by atoms with Crippen LogP contribution in [0, 0.1) is 5.92 Å². The molecule has 1 aromatic rings. The Bertz CT molecular complexity index is 567. The van der Waals surface area contributed by atoms with E-state index in [0.29, 0.717) is 10.8 Å². The van der Waals surface area contributed by atoms with Crippen LogP contribution >= 0.6 is 0 Å². The van der Waals surface area contributed by atoms with Gasteiger partial charge in [0.2, 0.25) is 10.0 Å². The quantitative estimate of drug-likeness (QED) is 0.886. The molecule has 0 bridgehead atoms. The fraction of sp³-hybridized carbons (Fsp3) is 0.600. The zero-order valence-corrected chi connectivity index (χ0v) is 13.7. The SMILES string of the molecule is CC(O)C1CCN(Cc2ccc(S(=O)(=O)N(C)C)cc2)C1. The molecule has 0 radical (unpaired) electrons. The molecule has 1 fully saturated rings. The average Bonchev–Trinajstić information content (AvgIpc) is 2.88. The van der Waals surface area contributed by atoms with E-state index in [1.165, 1.54) is 18.4 Å². The predicted octanol–water partition coefficient (Wildman–Crippen LogP) is 1.14. The summed E-state index contributed by atoms with van der Waals surface area (Å²) >= 11 is 0. The molecule has 1 saturated heterocycles. The number of aliphatic hydroxyl groups excluding tert-OH is 1. The van der Waals surface area contributed by atoms with Gasteiger partial charge < -0.3 is 5.11 Å². The third kappa shape index (κ3) is 3.83. The maximum atomic E-state index is 12.0. The summed E-state index contributed by atoms with van der Waals surface area (Å²) in [6.07, 6.45) is 0.757. The molecule has 0 aliphatic carbocycles. The van der Waals surface area contributed by atoms with Crippen LogP contribution in [-0.2, 0) is 16.6 Å². The Labute approximate surface area is 127 Å². The smallest absolute Gasteiger partial charge is 0.242 e. The number of rotatable bonds is 5. The van der Waals surface area contributed by atoms with Gasteiger partial charge >= 0.3 is 0 Å². The minimum absolute atomic E-state index is 0.261. The second-order valence-corrected chi connectivity index (χ2v) is 8.11. The highest BCUT2D eigenvalue weighted by Gasteiger charge is 2.25. The van der Waals surface area contributed by atoms with Crippen molar-refractivity contribution in [1.29, 1.82) is 0 Å². The summed E-state index contributed by atoms with van der Waals surface area (Å²) in [5.74, 6) is 0.346. The van der Waals surface area contributed by atoms with Crippen molar-refractivity contribution in [2.75, 3.05) is 27.2 Å². The normalized spacial score (nSPS) is 21.9. The molecule has 2 atom stereocenters. The Morgan fingerprint density at radius 3 is 2.43 bits per heavy atom. The maximum absolute atomic E-state index is 12.0. The highest BCUT2D eigenvalue weighted by molar-refractivity contribution is 7.89. The maximum Gasteiger partial charge on any atom is 0.242 e. The van der Waals surface area contributed by atoms with Gasteiger partial charge in [0.15, 0.2) is 0 Å². The molecule has 1 N–H and O–H groups in total. The fourth-order valence-corrected chi connectivity index (χ4v) is 3.54. The Morgan fingerprint density at radius 1 is 1.33 bits per heavy atom. The molecule has 0 saturated carbocycles. The summed E-state index contributed by atoms with van der Waals surface area (Å²) < 4.78 is 25.2. The molecule has 2 rings (SSSR count). The van der Waals surface area contributed by atoms with Crippen molar-refractivity contribution in [3.05, 3.63) is 29.8 Å². The lowest BCUT2D eigenvalue weighted by molar-refractivity contribution is 0.127. The van der Waals surface area contributed by atoms with Gasteiger partial charge in [-0.25, -0.2) is 12.7 Å². The second kappa shape index (κ2) is 6.44. The molecule has 0 amide bonds. The molecular formula is C15H24N2O3S. The average molecular weight is 312 g/mol. The van der Waals surface area contributed by atoms with Crippen LogP contribution in [0.15, 0.2) is 29.2 Å². The van der Waals surface area contributed by atoms with Crippen molar-refractivity contribution in [3.8, 4) is 0 Å². The topological polar surface area (TPSA) is 60.9 Å². The monoisotopic (exact) mass is 312 g/mol. The minimum Gasteiger partial charge on any atom is -0.393 e. The van der Waals surface area contributed by atoms with E-state index >= 15 is 0 Å². The van der Waals surface area contributed by atoms with E-state index in [1.54, 1.807) is 12.1 Å². The van der Waals surface area contributed by atoms with Crippen LogP contribution < -0.4 is 0 Å². The van der Waals surface area contributed by atoms with Gasteiger partial charge in [0.05, 0.1) is 11.0 Å². The van der Waals surface area contributed by atoms with Crippen molar-refractivity contribution in [1.82, 2.24) is 9.21 Å². The van der Waals surface area contributed by atoms with E-state index < -0.39 is 10.0 Å². The lowest BCUT2D eigenvalue weighted by atomic mass is 10.0.